The summed E-state index contributed by atoms with van der Waals surface area (Å²) < 4.78 is 33.2. The minimum Gasteiger partial charge on any atom is -0.492 e. The van der Waals surface area contributed by atoms with Crippen LogP contribution in [-0.4, -0.2) is 80.2 Å². The minimum atomic E-state index is -1.16. The quantitative estimate of drug-likeness (QED) is 0.361. The lowest BCUT2D eigenvalue weighted by atomic mass is 10.1. The van der Waals surface area contributed by atoms with Gasteiger partial charge in [0.1, 0.15) is 36.9 Å². The summed E-state index contributed by atoms with van der Waals surface area (Å²) in [5.41, 5.74) is 1.71. The smallest absolute Gasteiger partial charge is 0.413 e. The molecule has 14 heteroatoms. The van der Waals surface area contributed by atoms with Gasteiger partial charge in [0.25, 0.3) is 18.0 Å². The molecule has 204 valence electrons. The number of nitrogens with zero attached hydrogens (tertiary/aromatic N) is 6. The van der Waals surface area contributed by atoms with E-state index in [9.17, 15) is 14.0 Å². The van der Waals surface area contributed by atoms with Crippen molar-refractivity contribution in [2.45, 2.75) is 38.1 Å². The molecule has 1 fully saturated rings. The minimum absolute atomic E-state index is 0.152. The van der Waals surface area contributed by atoms with E-state index in [1.165, 1.54) is 29.7 Å². The first-order valence-corrected chi connectivity index (χ1v) is 12.8. The first kappa shape index (κ1) is 25.0. The van der Waals surface area contributed by atoms with E-state index < -0.39 is 18.2 Å². The molecular weight excluding hydrogens is 511 g/mol. The number of aromatic nitrogens is 5. The SMILES string of the molecule is O=C1Nc2nccnc2OC1N1CC(CCNCC2Cc3cc(OCCn4cncn4)cc(F)c3C2)OC1=O. The molecule has 0 spiro atoms. The number of hydrogen-bond donors (Lipinski definition) is 2. The third-order valence-electron chi connectivity index (χ3n) is 6.93. The topological polar surface area (TPSA) is 146 Å². The Balaban J connectivity index is 0.942. The Morgan fingerprint density at radius 3 is 2.95 bits per heavy atom. The molecular formula is C25H27FN8O5. The molecule has 0 saturated carbocycles. The van der Waals surface area contributed by atoms with Crippen LogP contribution in [0.5, 0.6) is 11.6 Å². The van der Waals surface area contributed by atoms with Crippen molar-refractivity contribution in [3.05, 3.63) is 54.1 Å². The van der Waals surface area contributed by atoms with Gasteiger partial charge >= 0.3 is 6.09 Å². The van der Waals surface area contributed by atoms with Crippen LogP contribution in [0.1, 0.15) is 17.5 Å². The summed E-state index contributed by atoms with van der Waals surface area (Å²) in [5, 5.41) is 10.0. The number of nitrogens with one attached hydrogen (secondary N) is 2. The van der Waals surface area contributed by atoms with Crippen molar-refractivity contribution >= 4 is 17.8 Å². The summed E-state index contributed by atoms with van der Waals surface area (Å²) in [6.07, 6.45) is 5.74. The van der Waals surface area contributed by atoms with E-state index in [0.29, 0.717) is 44.8 Å². The van der Waals surface area contributed by atoms with Gasteiger partial charge in [-0.1, -0.05) is 0 Å². The van der Waals surface area contributed by atoms with Gasteiger partial charge in [-0.3, -0.25) is 9.69 Å². The number of benzene rings is 1. The number of amides is 2. The van der Waals surface area contributed by atoms with Crippen molar-refractivity contribution in [2.75, 3.05) is 31.6 Å². The third-order valence-corrected chi connectivity index (χ3v) is 6.93. The summed E-state index contributed by atoms with van der Waals surface area (Å²) in [6.45, 7) is 2.42. The Labute approximate surface area is 222 Å². The number of ether oxygens (including phenoxy) is 3. The number of anilines is 1. The van der Waals surface area contributed by atoms with Gasteiger partial charge < -0.3 is 24.8 Å². The van der Waals surface area contributed by atoms with Gasteiger partial charge in [0, 0.05) is 18.5 Å². The van der Waals surface area contributed by atoms with E-state index in [1.54, 1.807) is 11.0 Å². The molecule has 3 aromatic rings. The number of carbonyl (C=O) groups is 2. The van der Waals surface area contributed by atoms with E-state index in [0.717, 1.165) is 17.5 Å². The molecule has 39 heavy (non-hydrogen) atoms. The second-order valence-electron chi connectivity index (χ2n) is 9.64. The first-order chi connectivity index (χ1) is 19.0. The van der Waals surface area contributed by atoms with Crippen LogP contribution in [0.15, 0.2) is 37.2 Å². The Kier molecular flexibility index (Phi) is 6.92. The highest BCUT2D eigenvalue weighted by Gasteiger charge is 2.43. The molecule has 3 atom stereocenters. The van der Waals surface area contributed by atoms with Crippen LogP contribution < -0.4 is 20.1 Å². The Morgan fingerprint density at radius 2 is 2.08 bits per heavy atom. The second-order valence-corrected chi connectivity index (χ2v) is 9.64. The van der Waals surface area contributed by atoms with Gasteiger partial charge in [-0.2, -0.15) is 5.10 Å². The monoisotopic (exact) mass is 538 g/mol. The van der Waals surface area contributed by atoms with Crippen LogP contribution in [0.25, 0.3) is 0 Å². The Morgan fingerprint density at radius 1 is 1.18 bits per heavy atom. The first-order valence-electron chi connectivity index (χ1n) is 12.8. The highest BCUT2D eigenvalue weighted by atomic mass is 19.1. The Bertz CT molecular complexity index is 1360. The van der Waals surface area contributed by atoms with Crippen LogP contribution in [0.2, 0.25) is 0 Å². The standard InChI is InChI=1S/C25H27FN8O5/c26-20-10-18(37-6-5-33-14-28-13-31-33)9-16-7-15(8-19(16)20)11-27-2-1-17-12-34(25(36)38-17)24-22(35)32-21-23(39-24)30-4-3-29-21/h3-4,9-10,13-15,17,24,27H,1-2,5-8,11-12H2,(H,29,32,35). The average Bonchev–Trinajstić information content (AvgIpc) is 3.67. The lowest BCUT2D eigenvalue weighted by Crippen LogP contribution is -2.51. The van der Waals surface area contributed by atoms with Crippen LogP contribution in [0.3, 0.4) is 0 Å². The van der Waals surface area contributed by atoms with Crippen molar-refractivity contribution in [1.29, 1.82) is 0 Å². The van der Waals surface area contributed by atoms with E-state index in [-0.39, 0.29) is 36.1 Å². The van der Waals surface area contributed by atoms with Crippen molar-refractivity contribution in [3.63, 3.8) is 0 Å². The number of halogens is 1. The van der Waals surface area contributed by atoms with Crippen molar-refractivity contribution in [2.24, 2.45) is 5.92 Å². The van der Waals surface area contributed by atoms with Crippen LogP contribution in [0.4, 0.5) is 15.0 Å². The highest BCUT2D eigenvalue weighted by Crippen LogP contribution is 2.32. The Hall–Kier alpha value is -4.33. The number of fused-ring (bicyclic) bond motifs is 2. The normalized spacial score (nSPS) is 21.7. The fourth-order valence-electron chi connectivity index (χ4n) is 5.07. The molecule has 4 heterocycles. The molecule has 2 amide bonds. The molecule has 13 nitrogen and oxygen atoms in total. The van der Waals surface area contributed by atoms with Gasteiger partial charge in [0.2, 0.25) is 0 Å². The van der Waals surface area contributed by atoms with Crippen LogP contribution in [-0.2, 0) is 28.9 Å². The predicted molar refractivity (Wildman–Crippen MR) is 132 cm³/mol. The fourth-order valence-corrected chi connectivity index (χ4v) is 5.07. The second kappa shape index (κ2) is 10.8. The molecule has 1 aromatic carbocycles. The molecule has 0 bridgehead atoms. The molecule has 2 N–H and O–H groups in total. The van der Waals surface area contributed by atoms with Gasteiger partial charge in [-0.25, -0.2) is 28.8 Å². The van der Waals surface area contributed by atoms with Crippen molar-refractivity contribution < 1.29 is 28.2 Å². The number of carbonyl (C=O) groups excluding carboxylic acids is 2. The molecule has 3 aliphatic rings. The number of rotatable bonds is 10. The molecule has 2 aliphatic heterocycles. The molecule has 1 saturated heterocycles. The maximum atomic E-state index is 14.7. The molecule has 6 rings (SSSR count). The maximum Gasteiger partial charge on any atom is 0.413 e. The molecule has 2 aromatic heterocycles. The van der Waals surface area contributed by atoms with E-state index in [2.05, 4.69) is 30.7 Å². The fraction of sp³-hybridized carbons (Fsp3) is 0.440. The number of cyclic esters (lactones) is 1. The van der Waals surface area contributed by atoms with Crippen LogP contribution >= 0.6 is 0 Å². The van der Waals surface area contributed by atoms with Crippen molar-refractivity contribution in [3.8, 4) is 11.6 Å². The zero-order valence-corrected chi connectivity index (χ0v) is 21.0. The van der Waals surface area contributed by atoms with Gasteiger partial charge in [0.05, 0.1) is 13.1 Å². The van der Waals surface area contributed by atoms with E-state index in [4.69, 9.17) is 14.2 Å². The summed E-state index contributed by atoms with van der Waals surface area (Å²) in [4.78, 5) is 38.0. The van der Waals surface area contributed by atoms with Gasteiger partial charge in [-0.15, -0.1) is 0 Å². The largest absolute Gasteiger partial charge is 0.492 e. The average molecular weight is 539 g/mol. The third kappa shape index (κ3) is 5.46. The molecule has 3 unspecified atom stereocenters. The van der Waals surface area contributed by atoms with E-state index in [1.807, 2.05) is 6.07 Å². The zero-order valence-electron chi connectivity index (χ0n) is 21.0. The van der Waals surface area contributed by atoms with Gasteiger partial charge in [0.15, 0.2) is 5.82 Å². The van der Waals surface area contributed by atoms with Crippen molar-refractivity contribution in [1.82, 2.24) is 34.9 Å². The summed E-state index contributed by atoms with van der Waals surface area (Å²) in [5.74, 6) is 0.385. The summed E-state index contributed by atoms with van der Waals surface area (Å²) in [6, 6.07) is 3.36. The molecule has 1 aliphatic carbocycles. The lowest BCUT2D eigenvalue weighted by Gasteiger charge is -2.28. The maximum absolute atomic E-state index is 14.7. The highest BCUT2D eigenvalue weighted by molar-refractivity contribution is 5.97. The zero-order chi connectivity index (χ0) is 26.8. The summed E-state index contributed by atoms with van der Waals surface area (Å²) >= 11 is 0. The number of hydrogen-bond acceptors (Lipinski definition) is 10. The van der Waals surface area contributed by atoms with Crippen LogP contribution in [0, 0.1) is 11.7 Å². The van der Waals surface area contributed by atoms with E-state index >= 15 is 0 Å². The molecule has 0 radical (unpaired) electrons. The summed E-state index contributed by atoms with van der Waals surface area (Å²) in [7, 11) is 0. The lowest BCUT2D eigenvalue weighted by molar-refractivity contribution is -0.130. The predicted octanol–water partition coefficient (Wildman–Crippen LogP) is 1.16. The van der Waals surface area contributed by atoms with Gasteiger partial charge in [-0.05, 0) is 55.5 Å².